The molecule has 2 nitrogen and oxygen atoms in total. The lowest BCUT2D eigenvalue weighted by atomic mass is 10.2. The van der Waals surface area contributed by atoms with Crippen LogP contribution in [0.4, 0.5) is 0 Å². The lowest BCUT2D eigenvalue weighted by molar-refractivity contribution is 0.622. The Morgan fingerprint density at radius 1 is 1.44 bits per heavy atom. The highest BCUT2D eigenvalue weighted by Crippen LogP contribution is 2.13. The molecule has 0 saturated carbocycles. The third-order valence-corrected chi connectivity index (χ3v) is 3.92. The average Bonchev–Trinajstić information content (AvgIpc) is 2.76. The van der Waals surface area contributed by atoms with Gasteiger partial charge in [0.1, 0.15) is 6.07 Å². The van der Waals surface area contributed by atoms with E-state index in [1.165, 1.54) is 29.9 Å². The molecule has 88 valence electrons. The van der Waals surface area contributed by atoms with Gasteiger partial charge in [0.2, 0.25) is 0 Å². The van der Waals surface area contributed by atoms with Gasteiger partial charge in [-0.3, -0.25) is 0 Å². The van der Waals surface area contributed by atoms with Crippen molar-refractivity contribution in [1.29, 1.82) is 5.26 Å². The quantitative estimate of drug-likeness (QED) is 0.723. The van der Waals surface area contributed by atoms with Crippen LogP contribution in [0.3, 0.4) is 0 Å². The minimum atomic E-state index is 0.779. The van der Waals surface area contributed by atoms with Crippen molar-refractivity contribution in [2.75, 3.05) is 18.6 Å². The van der Waals surface area contributed by atoms with Crippen LogP contribution in [0.2, 0.25) is 0 Å². The monoisotopic (exact) mass is 254 g/mol. The van der Waals surface area contributed by atoms with E-state index in [2.05, 4.69) is 17.6 Å². The second kappa shape index (κ2) is 8.63. The number of nitrogens with one attached hydrogen (secondary N) is 1. The van der Waals surface area contributed by atoms with Crippen molar-refractivity contribution in [3.63, 3.8) is 0 Å². The Morgan fingerprint density at radius 3 is 3.00 bits per heavy atom. The predicted molar refractivity (Wildman–Crippen MR) is 73.0 cm³/mol. The molecule has 0 bridgehead atoms. The molecule has 1 rings (SSSR count). The molecular weight excluding hydrogens is 236 g/mol. The zero-order valence-electron chi connectivity index (χ0n) is 9.66. The van der Waals surface area contributed by atoms with Crippen molar-refractivity contribution in [2.45, 2.75) is 25.8 Å². The van der Waals surface area contributed by atoms with Crippen LogP contribution in [0.1, 0.15) is 29.7 Å². The fraction of sp³-hybridized carbons (Fsp3) is 0.583. The molecule has 0 spiro atoms. The van der Waals surface area contributed by atoms with E-state index in [0.717, 1.165) is 18.7 Å². The maximum Gasteiger partial charge on any atom is 0.100 e. The van der Waals surface area contributed by atoms with Crippen LogP contribution < -0.4 is 5.32 Å². The van der Waals surface area contributed by atoms with Gasteiger partial charge < -0.3 is 5.32 Å². The van der Waals surface area contributed by atoms with Crippen LogP contribution in [0.15, 0.2) is 11.4 Å². The van der Waals surface area contributed by atoms with E-state index >= 15 is 0 Å². The van der Waals surface area contributed by atoms with Crippen LogP contribution >= 0.6 is 23.1 Å². The standard InChI is InChI=1S/C12H18N2S2/c1-15-6-4-2-3-5-14-9-12-7-11(8-13)10-16-12/h7,10,14H,2-6,9H2,1H3. The van der Waals surface area contributed by atoms with Gasteiger partial charge in [-0.1, -0.05) is 6.42 Å². The van der Waals surface area contributed by atoms with Crippen LogP contribution in [0, 0.1) is 11.3 Å². The molecule has 4 heteroatoms. The zero-order valence-corrected chi connectivity index (χ0v) is 11.3. The molecule has 1 aromatic rings. The Kier molecular flexibility index (Phi) is 7.32. The van der Waals surface area contributed by atoms with Gasteiger partial charge in [0, 0.05) is 16.8 Å². The molecule has 1 heterocycles. The lowest BCUT2D eigenvalue weighted by Gasteiger charge is -2.02. The first-order valence-corrected chi connectivity index (χ1v) is 7.81. The van der Waals surface area contributed by atoms with Crippen molar-refractivity contribution >= 4 is 23.1 Å². The summed E-state index contributed by atoms with van der Waals surface area (Å²) < 4.78 is 0. The van der Waals surface area contributed by atoms with Gasteiger partial charge in [-0.25, -0.2) is 0 Å². The van der Waals surface area contributed by atoms with Crippen molar-refractivity contribution in [2.24, 2.45) is 0 Å². The maximum absolute atomic E-state index is 8.68. The summed E-state index contributed by atoms with van der Waals surface area (Å²) in [7, 11) is 0. The fourth-order valence-corrected chi connectivity index (χ4v) is 2.69. The highest BCUT2D eigenvalue weighted by molar-refractivity contribution is 7.98. The summed E-state index contributed by atoms with van der Waals surface area (Å²) in [5.74, 6) is 1.27. The van der Waals surface area contributed by atoms with Crippen LogP contribution in [-0.4, -0.2) is 18.6 Å². The van der Waals surface area contributed by atoms with Crippen molar-refractivity contribution < 1.29 is 0 Å². The van der Waals surface area contributed by atoms with Gasteiger partial charge in [0.25, 0.3) is 0 Å². The van der Waals surface area contributed by atoms with E-state index in [9.17, 15) is 0 Å². The number of hydrogen-bond donors (Lipinski definition) is 1. The summed E-state index contributed by atoms with van der Waals surface area (Å²) in [4.78, 5) is 1.25. The summed E-state index contributed by atoms with van der Waals surface area (Å²) in [5, 5.41) is 14.0. The Morgan fingerprint density at radius 2 is 2.31 bits per heavy atom. The topological polar surface area (TPSA) is 35.8 Å². The highest BCUT2D eigenvalue weighted by atomic mass is 32.2. The summed E-state index contributed by atoms with van der Waals surface area (Å²) in [5.41, 5.74) is 0.779. The molecule has 0 unspecified atom stereocenters. The molecule has 0 saturated heterocycles. The largest absolute Gasteiger partial charge is 0.312 e. The number of thioether (sulfide) groups is 1. The molecule has 0 aliphatic heterocycles. The molecule has 0 atom stereocenters. The molecular formula is C12H18N2S2. The molecule has 0 amide bonds. The van der Waals surface area contributed by atoms with E-state index in [1.54, 1.807) is 11.3 Å². The molecule has 1 aromatic heterocycles. The van der Waals surface area contributed by atoms with E-state index in [1.807, 2.05) is 23.2 Å². The minimum Gasteiger partial charge on any atom is -0.312 e. The van der Waals surface area contributed by atoms with Crippen molar-refractivity contribution in [3.05, 3.63) is 21.9 Å². The third kappa shape index (κ3) is 5.55. The molecule has 1 N–H and O–H groups in total. The number of rotatable bonds is 8. The number of hydrogen-bond acceptors (Lipinski definition) is 4. The van der Waals surface area contributed by atoms with Crippen molar-refractivity contribution in [3.8, 4) is 6.07 Å². The molecule has 0 aromatic carbocycles. The lowest BCUT2D eigenvalue weighted by Crippen LogP contribution is -2.13. The SMILES string of the molecule is CSCCCCCNCc1cc(C#N)cs1. The van der Waals surface area contributed by atoms with Crippen LogP contribution in [0.25, 0.3) is 0 Å². The molecule has 0 fully saturated rings. The zero-order chi connectivity index (χ0) is 11.6. The molecule has 0 radical (unpaired) electrons. The smallest absolute Gasteiger partial charge is 0.100 e. The summed E-state index contributed by atoms with van der Waals surface area (Å²) in [6.07, 6.45) is 6.03. The van der Waals surface area contributed by atoms with Gasteiger partial charge in [0.05, 0.1) is 5.56 Å². The summed E-state index contributed by atoms with van der Waals surface area (Å²) >= 11 is 3.58. The van der Waals surface area contributed by atoms with E-state index < -0.39 is 0 Å². The molecule has 16 heavy (non-hydrogen) atoms. The molecule has 0 aliphatic carbocycles. The Bertz CT molecular complexity index is 328. The first kappa shape index (κ1) is 13.6. The fourth-order valence-electron chi connectivity index (χ4n) is 1.42. The Balaban J connectivity index is 2.01. The van der Waals surface area contributed by atoms with E-state index in [0.29, 0.717) is 0 Å². The third-order valence-electron chi connectivity index (χ3n) is 2.28. The normalized spacial score (nSPS) is 10.2. The second-order valence-electron chi connectivity index (χ2n) is 3.64. The average molecular weight is 254 g/mol. The van der Waals surface area contributed by atoms with Crippen LogP contribution in [-0.2, 0) is 6.54 Å². The summed E-state index contributed by atoms with van der Waals surface area (Å²) in [6.45, 7) is 1.98. The number of nitriles is 1. The minimum absolute atomic E-state index is 0.779. The Hall–Kier alpha value is -0.500. The van der Waals surface area contributed by atoms with Gasteiger partial charge >= 0.3 is 0 Å². The highest BCUT2D eigenvalue weighted by Gasteiger charge is 1.98. The van der Waals surface area contributed by atoms with Gasteiger partial charge in [-0.15, -0.1) is 11.3 Å². The second-order valence-corrected chi connectivity index (χ2v) is 5.63. The van der Waals surface area contributed by atoms with Gasteiger partial charge in [0.15, 0.2) is 0 Å². The van der Waals surface area contributed by atoms with Crippen molar-refractivity contribution in [1.82, 2.24) is 5.32 Å². The van der Waals surface area contributed by atoms with E-state index in [-0.39, 0.29) is 0 Å². The first-order chi connectivity index (χ1) is 7.86. The number of unbranched alkanes of at least 4 members (excludes halogenated alkanes) is 2. The van der Waals surface area contributed by atoms with Crippen LogP contribution in [0.5, 0.6) is 0 Å². The molecule has 0 aliphatic rings. The summed E-state index contributed by atoms with van der Waals surface area (Å²) in [6, 6.07) is 4.12. The van der Waals surface area contributed by atoms with E-state index in [4.69, 9.17) is 5.26 Å². The van der Waals surface area contributed by atoms with Gasteiger partial charge in [-0.2, -0.15) is 17.0 Å². The van der Waals surface area contributed by atoms with Gasteiger partial charge in [-0.05, 0) is 37.5 Å². The maximum atomic E-state index is 8.68. The Labute approximate surface area is 106 Å². The predicted octanol–water partition coefficient (Wildman–Crippen LogP) is 3.24. The number of thiophene rings is 1. The first-order valence-electron chi connectivity index (χ1n) is 5.54. The number of nitrogens with zero attached hydrogens (tertiary/aromatic N) is 1.